The molecular formula is C24H41N3O5. The van der Waals surface area contributed by atoms with Crippen molar-refractivity contribution in [3.63, 3.8) is 0 Å². The van der Waals surface area contributed by atoms with Gasteiger partial charge in [-0.2, -0.15) is 4.98 Å². The molecule has 1 aromatic heterocycles. The number of nitrogens with zero attached hydrogens (tertiary/aromatic N) is 3. The van der Waals surface area contributed by atoms with Crippen LogP contribution in [-0.4, -0.2) is 52.3 Å². The zero-order chi connectivity index (χ0) is 23.8. The van der Waals surface area contributed by atoms with E-state index in [9.17, 15) is 14.7 Å². The Hall–Kier alpha value is -1.96. The normalized spacial score (nSPS) is 17.3. The average molecular weight is 452 g/mol. The molecular weight excluding hydrogens is 410 g/mol. The van der Waals surface area contributed by atoms with Gasteiger partial charge in [-0.3, -0.25) is 14.5 Å². The summed E-state index contributed by atoms with van der Waals surface area (Å²) in [6, 6.07) is 0. The van der Waals surface area contributed by atoms with E-state index in [1.54, 1.807) is 18.9 Å². The maximum absolute atomic E-state index is 11.6. The number of ether oxygens (including phenoxy) is 1. The lowest BCUT2D eigenvalue weighted by atomic mass is 9.57. The van der Waals surface area contributed by atoms with Crippen LogP contribution in [0.4, 0.5) is 0 Å². The molecule has 1 saturated carbocycles. The van der Waals surface area contributed by atoms with E-state index in [1.807, 2.05) is 0 Å². The molecule has 1 aromatic rings. The van der Waals surface area contributed by atoms with Crippen molar-refractivity contribution in [2.24, 2.45) is 10.8 Å². The quantitative estimate of drug-likeness (QED) is 0.452. The van der Waals surface area contributed by atoms with Gasteiger partial charge in [0.15, 0.2) is 5.82 Å². The second kappa shape index (κ2) is 11.8. The first kappa shape index (κ1) is 26.3. The first-order valence-electron chi connectivity index (χ1n) is 11.9. The van der Waals surface area contributed by atoms with Crippen LogP contribution in [0.25, 0.3) is 0 Å². The maximum Gasteiger partial charge on any atom is 0.320 e. The van der Waals surface area contributed by atoms with Gasteiger partial charge in [-0.05, 0) is 50.5 Å². The van der Waals surface area contributed by atoms with E-state index in [0.717, 1.165) is 12.8 Å². The van der Waals surface area contributed by atoms with Crippen LogP contribution in [0.2, 0.25) is 0 Å². The molecule has 0 unspecified atom stereocenters. The van der Waals surface area contributed by atoms with Crippen LogP contribution >= 0.6 is 0 Å². The summed E-state index contributed by atoms with van der Waals surface area (Å²) in [5.74, 6) is -0.652. The van der Waals surface area contributed by atoms with Gasteiger partial charge in [-0.15, -0.1) is 0 Å². The van der Waals surface area contributed by atoms with Gasteiger partial charge in [-0.1, -0.05) is 51.6 Å². The van der Waals surface area contributed by atoms with E-state index in [2.05, 4.69) is 30.9 Å². The second-order valence-corrected chi connectivity index (χ2v) is 10.3. The summed E-state index contributed by atoms with van der Waals surface area (Å²) in [5.41, 5.74) is 0.547. The molecule has 2 rings (SSSR count). The second-order valence-electron chi connectivity index (χ2n) is 10.3. The number of aliphatic carboxylic acids is 1. The third-order valence-electron chi connectivity index (χ3n) is 6.98. The maximum atomic E-state index is 11.6. The molecule has 0 saturated heterocycles. The van der Waals surface area contributed by atoms with Gasteiger partial charge in [0.05, 0.1) is 26.1 Å². The van der Waals surface area contributed by atoms with Crippen LogP contribution in [0.1, 0.15) is 103 Å². The summed E-state index contributed by atoms with van der Waals surface area (Å²) in [6.07, 6.45) is 9.09. The van der Waals surface area contributed by atoms with Crippen LogP contribution in [0.15, 0.2) is 4.52 Å². The summed E-state index contributed by atoms with van der Waals surface area (Å²) in [4.78, 5) is 29.3. The number of likely N-dealkylation sites (N-methyl/N-ethyl adjacent to an activating group) is 1. The molecule has 1 fully saturated rings. The molecule has 0 amide bonds. The summed E-state index contributed by atoms with van der Waals surface area (Å²) in [6.45, 7) is 9.58. The molecule has 182 valence electrons. The molecule has 1 heterocycles. The molecule has 32 heavy (non-hydrogen) atoms. The highest BCUT2D eigenvalue weighted by Gasteiger charge is 2.42. The Kier molecular flexibility index (Phi) is 9.67. The van der Waals surface area contributed by atoms with Crippen molar-refractivity contribution in [2.75, 3.05) is 20.2 Å². The highest BCUT2D eigenvalue weighted by Crippen LogP contribution is 2.53. The highest BCUT2D eigenvalue weighted by molar-refractivity contribution is 5.71. The number of esters is 1. The summed E-state index contributed by atoms with van der Waals surface area (Å²) >= 11 is 0. The Balaban J connectivity index is 1.99. The predicted octanol–water partition coefficient (Wildman–Crippen LogP) is 4.79. The van der Waals surface area contributed by atoms with Crippen LogP contribution in [-0.2, 0) is 20.9 Å². The topological polar surface area (TPSA) is 106 Å². The highest BCUT2D eigenvalue weighted by atomic mass is 16.5. The van der Waals surface area contributed by atoms with Crippen LogP contribution in [0.3, 0.4) is 0 Å². The minimum atomic E-state index is -0.864. The molecule has 1 aliphatic rings. The Morgan fingerprint density at radius 1 is 1.25 bits per heavy atom. The van der Waals surface area contributed by atoms with Crippen LogP contribution in [0.5, 0.6) is 0 Å². The van der Waals surface area contributed by atoms with Crippen molar-refractivity contribution in [2.45, 2.75) is 97.9 Å². The molecule has 0 bridgehead atoms. The van der Waals surface area contributed by atoms with Crippen molar-refractivity contribution in [3.8, 4) is 0 Å². The van der Waals surface area contributed by atoms with Gasteiger partial charge in [0.25, 0.3) is 0 Å². The lowest BCUT2D eigenvalue weighted by molar-refractivity contribution is -0.144. The smallest absolute Gasteiger partial charge is 0.320 e. The number of carboxylic acid groups (broad SMARTS) is 1. The molecule has 8 nitrogen and oxygen atoms in total. The molecule has 0 spiro atoms. The van der Waals surface area contributed by atoms with Crippen molar-refractivity contribution < 1.29 is 24.0 Å². The Morgan fingerprint density at radius 2 is 1.94 bits per heavy atom. The molecule has 1 N–H and O–H groups in total. The average Bonchev–Trinajstić information content (AvgIpc) is 3.15. The van der Waals surface area contributed by atoms with Gasteiger partial charge >= 0.3 is 11.9 Å². The van der Waals surface area contributed by atoms with Crippen molar-refractivity contribution in [3.05, 3.63) is 11.7 Å². The zero-order valence-corrected chi connectivity index (χ0v) is 20.5. The van der Waals surface area contributed by atoms with E-state index in [0.29, 0.717) is 36.7 Å². The number of carboxylic acids is 1. The van der Waals surface area contributed by atoms with Crippen molar-refractivity contribution in [1.29, 1.82) is 0 Å². The zero-order valence-electron chi connectivity index (χ0n) is 20.5. The molecule has 0 radical (unpaired) electrons. The Bertz CT molecular complexity index is 734. The number of hydrogen-bond donors (Lipinski definition) is 1. The standard InChI is InChI=1S/C24H41N3O5/c1-6-31-21(30)17-27(5)16-19-25-22(32-26-19)18(15-20(28)29)11-10-14-24(23(2,3)4)12-8-7-9-13-24/h18H,6-17H2,1-5H3,(H,28,29)/t18-/m1/s1. The largest absolute Gasteiger partial charge is 0.481 e. The molecule has 0 aliphatic heterocycles. The number of rotatable bonds is 12. The molecule has 8 heteroatoms. The van der Waals surface area contributed by atoms with Gasteiger partial charge in [-0.25, -0.2) is 0 Å². The summed E-state index contributed by atoms with van der Waals surface area (Å²) in [7, 11) is 1.78. The van der Waals surface area contributed by atoms with Crippen LogP contribution in [0, 0.1) is 10.8 Å². The lowest BCUT2D eigenvalue weighted by Gasteiger charge is -2.48. The number of carbonyl (C=O) groups is 2. The monoisotopic (exact) mass is 451 g/mol. The first-order chi connectivity index (χ1) is 15.1. The fourth-order valence-corrected chi connectivity index (χ4v) is 5.04. The van der Waals surface area contributed by atoms with E-state index in [4.69, 9.17) is 9.26 Å². The third kappa shape index (κ3) is 7.57. The number of carbonyl (C=O) groups excluding carboxylic acids is 1. The SMILES string of the molecule is CCOC(=O)CN(C)Cc1noc([C@H](CCCC2(C(C)(C)C)CCCCC2)CC(=O)O)n1. The lowest BCUT2D eigenvalue weighted by Crippen LogP contribution is -2.37. The number of aromatic nitrogens is 2. The van der Waals surface area contributed by atoms with Gasteiger partial charge in [0.2, 0.25) is 5.89 Å². The number of hydrogen-bond acceptors (Lipinski definition) is 7. The molecule has 1 aliphatic carbocycles. The van der Waals surface area contributed by atoms with Gasteiger partial charge in [0, 0.05) is 5.92 Å². The van der Waals surface area contributed by atoms with Crippen LogP contribution < -0.4 is 0 Å². The third-order valence-corrected chi connectivity index (χ3v) is 6.98. The predicted molar refractivity (Wildman–Crippen MR) is 121 cm³/mol. The Labute approximate surface area is 192 Å². The molecule has 1 atom stereocenters. The minimum absolute atomic E-state index is 0.0250. The van der Waals surface area contributed by atoms with Crippen molar-refractivity contribution >= 4 is 11.9 Å². The Morgan fingerprint density at radius 3 is 2.53 bits per heavy atom. The summed E-state index contributed by atoms with van der Waals surface area (Å²) in [5, 5.41) is 13.4. The van der Waals surface area contributed by atoms with Gasteiger partial charge < -0.3 is 14.4 Å². The summed E-state index contributed by atoms with van der Waals surface area (Å²) < 4.78 is 10.4. The van der Waals surface area contributed by atoms with Crippen molar-refractivity contribution in [1.82, 2.24) is 15.0 Å². The van der Waals surface area contributed by atoms with E-state index < -0.39 is 5.97 Å². The van der Waals surface area contributed by atoms with E-state index in [-0.39, 0.29) is 30.3 Å². The fourth-order valence-electron chi connectivity index (χ4n) is 5.04. The van der Waals surface area contributed by atoms with E-state index in [1.165, 1.54) is 32.1 Å². The first-order valence-corrected chi connectivity index (χ1v) is 11.9. The van der Waals surface area contributed by atoms with E-state index >= 15 is 0 Å². The fraction of sp³-hybridized carbons (Fsp3) is 0.833. The minimum Gasteiger partial charge on any atom is -0.481 e. The van der Waals surface area contributed by atoms with Gasteiger partial charge in [0.1, 0.15) is 0 Å². The molecule has 0 aromatic carbocycles.